The van der Waals surface area contributed by atoms with Gasteiger partial charge in [0.1, 0.15) is 0 Å². The van der Waals surface area contributed by atoms with Crippen molar-refractivity contribution < 1.29 is 0 Å². The maximum atomic E-state index is 3.57. The van der Waals surface area contributed by atoms with E-state index in [0.29, 0.717) is 0 Å². The molecule has 0 radical (unpaired) electrons. The van der Waals surface area contributed by atoms with Gasteiger partial charge in [0, 0.05) is 25.6 Å². The van der Waals surface area contributed by atoms with Crippen LogP contribution in [-0.2, 0) is 0 Å². The zero-order valence-electron chi connectivity index (χ0n) is 9.47. The van der Waals surface area contributed by atoms with Crippen LogP contribution in [0.1, 0.15) is 33.1 Å². The fraction of sp³-hybridized carbons (Fsp3) is 0.833. The van der Waals surface area contributed by atoms with Crippen molar-refractivity contribution in [3.05, 3.63) is 0 Å². The Balaban J connectivity index is 2.09. The Kier molecular flexibility index (Phi) is 5.66. The fourth-order valence-electron chi connectivity index (χ4n) is 1.89. The quantitative estimate of drug-likeness (QED) is 0.667. The van der Waals surface area contributed by atoms with E-state index in [0.717, 1.165) is 25.6 Å². The van der Waals surface area contributed by atoms with E-state index in [1.807, 2.05) is 6.92 Å². The minimum atomic E-state index is 0.726. The molecule has 1 heterocycles. The Morgan fingerprint density at radius 2 is 2.36 bits per heavy atom. The third-order valence-electron chi connectivity index (χ3n) is 2.69. The SMILES string of the molecule is CC#CCCN1CCC(NCCC)C1. The van der Waals surface area contributed by atoms with Gasteiger partial charge in [-0.2, -0.15) is 0 Å². The molecule has 1 N–H and O–H groups in total. The highest BCUT2D eigenvalue weighted by Crippen LogP contribution is 2.08. The largest absolute Gasteiger partial charge is 0.313 e. The molecule has 1 aliphatic heterocycles. The zero-order chi connectivity index (χ0) is 10.2. The maximum absolute atomic E-state index is 3.57. The van der Waals surface area contributed by atoms with Crippen LogP contribution in [0.15, 0.2) is 0 Å². The average Bonchev–Trinajstić information content (AvgIpc) is 2.63. The average molecular weight is 194 g/mol. The topological polar surface area (TPSA) is 15.3 Å². The molecule has 1 atom stereocenters. The summed E-state index contributed by atoms with van der Waals surface area (Å²) >= 11 is 0. The Hall–Kier alpha value is -0.520. The molecule has 2 nitrogen and oxygen atoms in total. The summed E-state index contributed by atoms with van der Waals surface area (Å²) in [6.07, 6.45) is 3.56. The van der Waals surface area contributed by atoms with Crippen LogP contribution in [0.3, 0.4) is 0 Å². The molecular weight excluding hydrogens is 172 g/mol. The molecule has 0 amide bonds. The van der Waals surface area contributed by atoms with Crippen LogP contribution < -0.4 is 5.32 Å². The molecule has 1 unspecified atom stereocenters. The highest BCUT2D eigenvalue weighted by Gasteiger charge is 2.20. The first-order valence-electron chi connectivity index (χ1n) is 5.72. The lowest BCUT2D eigenvalue weighted by Gasteiger charge is -2.14. The summed E-state index contributed by atoms with van der Waals surface area (Å²) in [5.74, 6) is 6.07. The van der Waals surface area contributed by atoms with Crippen molar-refractivity contribution in [3.8, 4) is 11.8 Å². The van der Waals surface area contributed by atoms with Crippen molar-refractivity contribution in [3.63, 3.8) is 0 Å². The van der Waals surface area contributed by atoms with Gasteiger partial charge < -0.3 is 10.2 Å². The van der Waals surface area contributed by atoms with Gasteiger partial charge in [0.2, 0.25) is 0 Å². The molecule has 2 heteroatoms. The molecule has 0 aromatic rings. The number of likely N-dealkylation sites (tertiary alicyclic amines) is 1. The van der Waals surface area contributed by atoms with E-state index in [-0.39, 0.29) is 0 Å². The van der Waals surface area contributed by atoms with Crippen molar-refractivity contribution in [1.82, 2.24) is 10.2 Å². The summed E-state index contributed by atoms with van der Waals surface area (Å²) in [4.78, 5) is 2.51. The van der Waals surface area contributed by atoms with Crippen LogP contribution in [0.4, 0.5) is 0 Å². The van der Waals surface area contributed by atoms with Crippen LogP contribution >= 0.6 is 0 Å². The van der Waals surface area contributed by atoms with Gasteiger partial charge >= 0.3 is 0 Å². The second-order valence-corrected chi connectivity index (χ2v) is 3.92. The van der Waals surface area contributed by atoms with E-state index >= 15 is 0 Å². The van der Waals surface area contributed by atoms with Crippen LogP contribution in [0.5, 0.6) is 0 Å². The zero-order valence-corrected chi connectivity index (χ0v) is 9.47. The Morgan fingerprint density at radius 1 is 1.50 bits per heavy atom. The van der Waals surface area contributed by atoms with Gasteiger partial charge in [0.25, 0.3) is 0 Å². The molecule has 0 saturated carbocycles. The van der Waals surface area contributed by atoms with E-state index in [1.54, 1.807) is 0 Å². The van der Waals surface area contributed by atoms with Gasteiger partial charge in [-0.1, -0.05) is 6.92 Å². The molecule has 0 aromatic heterocycles. The number of rotatable bonds is 5. The monoisotopic (exact) mass is 194 g/mol. The normalized spacial score (nSPS) is 22.0. The number of nitrogens with one attached hydrogen (secondary N) is 1. The van der Waals surface area contributed by atoms with Gasteiger partial charge in [0.15, 0.2) is 0 Å². The third-order valence-corrected chi connectivity index (χ3v) is 2.69. The van der Waals surface area contributed by atoms with Gasteiger partial charge in [0.05, 0.1) is 0 Å². The van der Waals surface area contributed by atoms with E-state index in [2.05, 4.69) is 29.0 Å². The predicted molar refractivity (Wildman–Crippen MR) is 61.2 cm³/mol. The van der Waals surface area contributed by atoms with Crippen molar-refractivity contribution in [1.29, 1.82) is 0 Å². The minimum absolute atomic E-state index is 0.726. The summed E-state index contributed by atoms with van der Waals surface area (Å²) in [5, 5.41) is 3.57. The lowest BCUT2D eigenvalue weighted by atomic mass is 10.2. The summed E-state index contributed by atoms with van der Waals surface area (Å²) in [5.41, 5.74) is 0. The minimum Gasteiger partial charge on any atom is -0.313 e. The van der Waals surface area contributed by atoms with Crippen LogP contribution in [-0.4, -0.2) is 37.1 Å². The van der Waals surface area contributed by atoms with E-state index in [4.69, 9.17) is 0 Å². The first-order chi connectivity index (χ1) is 6.86. The van der Waals surface area contributed by atoms with E-state index in [1.165, 1.54) is 25.9 Å². The van der Waals surface area contributed by atoms with Gasteiger partial charge in [-0.05, 0) is 32.9 Å². The number of hydrogen-bond acceptors (Lipinski definition) is 2. The standard InChI is InChI=1S/C12H22N2/c1-3-5-6-9-14-10-7-12(11-14)13-8-4-2/h12-13H,4,6-11H2,1-2H3. The third kappa shape index (κ3) is 4.13. The van der Waals surface area contributed by atoms with Crippen molar-refractivity contribution in [2.24, 2.45) is 0 Å². The summed E-state index contributed by atoms with van der Waals surface area (Å²) in [6, 6.07) is 0.726. The second-order valence-electron chi connectivity index (χ2n) is 3.92. The molecule has 1 fully saturated rings. The smallest absolute Gasteiger partial charge is 0.0216 e. The highest BCUT2D eigenvalue weighted by molar-refractivity contribution is 4.96. The summed E-state index contributed by atoms with van der Waals surface area (Å²) in [7, 11) is 0. The number of hydrogen-bond donors (Lipinski definition) is 1. The molecule has 1 aliphatic rings. The molecule has 0 aromatic carbocycles. The van der Waals surface area contributed by atoms with Crippen molar-refractivity contribution in [2.45, 2.75) is 39.2 Å². The first-order valence-corrected chi connectivity index (χ1v) is 5.72. The summed E-state index contributed by atoms with van der Waals surface area (Å²) < 4.78 is 0. The molecule has 14 heavy (non-hydrogen) atoms. The highest BCUT2D eigenvalue weighted by atomic mass is 15.2. The second kappa shape index (κ2) is 6.86. The van der Waals surface area contributed by atoms with Crippen molar-refractivity contribution in [2.75, 3.05) is 26.2 Å². The number of nitrogens with zero attached hydrogens (tertiary/aromatic N) is 1. The van der Waals surface area contributed by atoms with Gasteiger partial charge in [-0.15, -0.1) is 11.8 Å². The Bertz CT molecular complexity index is 202. The van der Waals surface area contributed by atoms with E-state index in [9.17, 15) is 0 Å². The summed E-state index contributed by atoms with van der Waals surface area (Å²) in [6.45, 7) is 8.89. The van der Waals surface area contributed by atoms with Crippen LogP contribution in [0.25, 0.3) is 0 Å². The molecular formula is C12H22N2. The fourth-order valence-corrected chi connectivity index (χ4v) is 1.89. The molecule has 1 saturated heterocycles. The lowest BCUT2D eigenvalue weighted by molar-refractivity contribution is 0.336. The van der Waals surface area contributed by atoms with Crippen LogP contribution in [0, 0.1) is 11.8 Å². The maximum Gasteiger partial charge on any atom is 0.0216 e. The Morgan fingerprint density at radius 3 is 3.07 bits per heavy atom. The van der Waals surface area contributed by atoms with Crippen LogP contribution in [0.2, 0.25) is 0 Å². The van der Waals surface area contributed by atoms with E-state index < -0.39 is 0 Å². The van der Waals surface area contributed by atoms with Crippen molar-refractivity contribution >= 4 is 0 Å². The van der Waals surface area contributed by atoms with Gasteiger partial charge in [-0.25, -0.2) is 0 Å². The molecule has 0 bridgehead atoms. The first kappa shape index (κ1) is 11.6. The Labute approximate surface area is 88.1 Å². The molecule has 0 aliphatic carbocycles. The lowest BCUT2D eigenvalue weighted by Crippen LogP contribution is -2.33. The predicted octanol–water partition coefficient (Wildman–Crippen LogP) is 1.47. The molecule has 1 rings (SSSR count). The van der Waals surface area contributed by atoms with Gasteiger partial charge in [-0.3, -0.25) is 0 Å². The molecule has 0 spiro atoms. The molecule has 80 valence electrons.